The number of fused-ring (bicyclic) bond motifs is 10. The lowest BCUT2D eigenvalue weighted by Gasteiger charge is -2.32. The average molecular weight is 870 g/mol. The molecular formula is C50H28B2N10O5. The van der Waals surface area contributed by atoms with Gasteiger partial charge in [0, 0.05) is 59.9 Å². The molecular weight excluding hydrogens is 842 g/mol. The number of aromatic nitrogens is 10. The van der Waals surface area contributed by atoms with Gasteiger partial charge in [-0.25, -0.2) is 9.97 Å². The second kappa shape index (κ2) is 13.2. The Bertz CT molecular complexity index is 3700. The van der Waals surface area contributed by atoms with Crippen LogP contribution in [0.15, 0.2) is 139 Å². The van der Waals surface area contributed by atoms with Crippen LogP contribution in [0.25, 0.3) is 56.4 Å². The minimum absolute atomic E-state index is 0.241. The minimum Gasteiger partial charge on any atom is -0.464 e. The molecule has 11 heterocycles. The number of aryl methyl sites for hydroxylation is 2. The first-order valence-electron chi connectivity index (χ1n) is 21.6. The number of imidazole rings is 2. The predicted octanol–water partition coefficient (Wildman–Crippen LogP) is 3.58. The van der Waals surface area contributed by atoms with E-state index in [9.17, 15) is 0 Å². The van der Waals surface area contributed by atoms with Crippen LogP contribution >= 0.6 is 0 Å². The summed E-state index contributed by atoms with van der Waals surface area (Å²) in [5, 5.41) is 0. The fourth-order valence-corrected chi connectivity index (χ4v) is 10.1. The summed E-state index contributed by atoms with van der Waals surface area (Å²) in [5.41, 5.74) is 12.7. The molecule has 4 aliphatic heterocycles. The Kier molecular flexibility index (Phi) is 7.16. The molecule has 0 N–H and O–H groups in total. The van der Waals surface area contributed by atoms with Gasteiger partial charge in [-0.3, -0.25) is 9.97 Å². The molecule has 67 heavy (non-hydrogen) atoms. The third-order valence-electron chi connectivity index (χ3n) is 13.1. The number of nitrogens with zero attached hydrogens (tertiary/aromatic N) is 10. The maximum atomic E-state index is 6.58. The third kappa shape index (κ3) is 5.18. The topological polar surface area (TPSA) is 145 Å². The van der Waals surface area contributed by atoms with Gasteiger partial charge in [0.15, 0.2) is 12.7 Å². The van der Waals surface area contributed by atoms with Gasteiger partial charge < -0.3 is 41.6 Å². The summed E-state index contributed by atoms with van der Waals surface area (Å²) in [6.45, 7) is -0.493. The molecule has 0 atom stereocenters. The molecule has 7 aromatic heterocycles. The molecule has 0 fully saturated rings. The number of rotatable bonds is 4. The predicted molar refractivity (Wildman–Crippen MR) is 245 cm³/mol. The molecule has 0 aliphatic carbocycles. The fourth-order valence-electron chi connectivity index (χ4n) is 10.1. The van der Waals surface area contributed by atoms with Crippen LogP contribution in [0.5, 0.6) is 46.3 Å². The molecule has 0 amide bonds. The Balaban J connectivity index is 0.818. The molecule has 0 bridgehead atoms. The van der Waals surface area contributed by atoms with Crippen molar-refractivity contribution in [2.24, 2.45) is 14.1 Å². The number of benzene rings is 4. The fraction of sp³-hybridized carbons (Fsp3) is 0.0400. The molecule has 314 valence electrons. The van der Waals surface area contributed by atoms with Gasteiger partial charge in [-0.05, 0) is 75.9 Å². The van der Waals surface area contributed by atoms with Crippen molar-refractivity contribution in [3.05, 3.63) is 147 Å². The van der Waals surface area contributed by atoms with Crippen LogP contribution in [0, 0.1) is 12.7 Å². The van der Waals surface area contributed by atoms with Crippen molar-refractivity contribution >= 4 is 68.8 Å². The van der Waals surface area contributed by atoms with Gasteiger partial charge in [-0.2, -0.15) is 9.97 Å². The number of hydrogen-bond donors (Lipinski definition) is 0. The SMILES string of the molecule is C[n+]1[c-]n(-c2cnc3c(c2)B2c4cc(-c5coc(-c6ccc7c(c6)B6c8cc(-n9[c-][n+](C)c%10nccnc%109)cnc8Oc8cccc(c86)O7)c5)ccc4Oc4cccc(c42)O3)c2nccnc21. The Morgan fingerprint density at radius 2 is 0.970 bits per heavy atom. The van der Waals surface area contributed by atoms with Crippen LogP contribution < -0.4 is 60.9 Å². The standard InChI is InChI=1S/C50H28B2N10O5/c1-59-25-61(47-45(59)53-13-15-55-47)30-20-34-49(57-22-30)66-40-7-3-5-38-43(40)51(34)32-17-27(9-11-36(32)64-38)29-19-42(63-24-29)28-10-12-37-33(18-28)52-35-21-31(62-26-60(2)46-48(62)56-16-14-54-46)23-58-50(35)67-41-8-4-6-39(65-37)44(41)52/h3-24H,1-2H3. The summed E-state index contributed by atoms with van der Waals surface area (Å²) in [5.74, 6) is 6.13. The highest BCUT2D eigenvalue weighted by Crippen LogP contribution is 2.38. The maximum Gasteiger partial charge on any atom is 0.262 e. The van der Waals surface area contributed by atoms with Crippen LogP contribution in [0.3, 0.4) is 0 Å². The largest absolute Gasteiger partial charge is 0.464 e. The Labute approximate surface area is 380 Å². The zero-order valence-corrected chi connectivity index (χ0v) is 35.4. The summed E-state index contributed by atoms with van der Waals surface area (Å²) in [4.78, 5) is 28.0. The molecule has 11 aromatic rings. The first-order chi connectivity index (χ1) is 33.0. The molecule has 0 radical (unpaired) electrons. The zero-order chi connectivity index (χ0) is 44.1. The van der Waals surface area contributed by atoms with Gasteiger partial charge in [0.1, 0.15) is 63.9 Å². The van der Waals surface area contributed by atoms with Gasteiger partial charge in [0.25, 0.3) is 13.4 Å². The third-order valence-corrected chi connectivity index (χ3v) is 13.1. The van der Waals surface area contributed by atoms with Crippen LogP contribution in [-0.2, 0) is 14.1 Å². The maximum absolute atomic E-state index is 6.58. The quantitative estimate of drug-likeness (QED) is 0.146. The Morgan fingerprint density at radius 3 is 1.52 bits per heavy atom. The van der Waals surface area contributed by atoms with Crippen molar-refractivity contribution in [2.75, 3.05) is 0 Å². The van der Waals surface area contributed by atoms with E-state index in [0.717, 1.165) is 83.8 Å². The minimum atomic E-state index is -0.252. The van der Waals surface area contributed by atoms with E-state index in [1.807, 2.05) is 87.0 Å². The highest BCUT2D eigenvalue weighted by Gasteiger charge is 2.43. The van der Waals surface area contributed by atoms with Crippen molar-refractivity contribution in [3.8, 4) is 80.1 Å². The molecule has 15 rings (SSSR count). The van der Waals surface area contributed by atoms with E-state index in [2.05, 4.69) is 69.0 Å². The monoisotopic (exact) mass is 870 g/mol. The molecule has 0 saturated heterocycles. The lowest BCUT2D eigenvalue weighted by Crippen LogP contribution is -2.57. The van der Waals surface area contributed by atoms with Crippen LogP contribution in [0.1, 0.15) is 0 Å². The van der Waals surface area contributed by atoms with Crippen molar-refractivity contribution in [2.45, 2.75) is 0 Å². The first-order valence-corrected chi connectivity index (χ1v) is 21.6. The van der Waals surface area contributed by atoms with Crippen LogP contribution in [-0.4, -0.2) is 52.5 Å². The highest BCUT2D eigenvalue weighted by molar-refractivity contribution is 6.99. The van der Waals surface area contributed by atoms with Gasteiger partial charge in [0.05, 0.1) is 18.7 Å². The summed E-state index contributed by atoms with van der Waals surface area (Å²) in [6, 6.07) is 30.5. The van der Waals surface area contributed by atoms with E-state index < -0.39 is 0 Å². The smallest absolute Gasteiger partial charge is 0.262 e. The summed E-state index contributed by atoms with van der Waals surface area (Å²) in [6.07, 6.45) is 18.7. The Morgan fingerprint density at radius 1 is 0.478 bits per heavy atom. The number of ether oxygens (including phenoxy) is 4. The Hall–Kier alpha value is -9.11. The normalized spacial score (nSPS) is 13.3. The van der Waals surface area contributed by atoms with E-state index in [-0.39, 0.29) is 13.4 Å². The van der Waals surface area contributed by atoms with E-state index in [0.29, 0.717) is 51.6 Å². The van der Waals surface area contributed by atoms with Crippen molar-refractivity contribution in [1.29, 1.82) is 0 Å². The lowest BCUT2D eigenvalue weighted by atomic mass is 9.35. The molecule has 4 aromatic carbocycles. The molecule has 0 unspecified atom stereocenters. The van der Waals surface area contributed by atoms with Crippen molar-refractivity contribution in [3.63, 3.8) is 0 Å². The lowest BCUT2D eigenvalue weighted by molar-refractivity contribution is -0.651. The van der Waals surface area contributed by atoms with Gasteiger partial charge in [0.2, 0.25) is 23.1 Å². The molecule has 15 nitrogen and oxygen atoms in total. The van der Waals surface area contributed by atoms with E-state index in [4.69, 9.17) is 33.3 Å². The van der Waals surface area contributed by atoms with Gasteiger partial charge in [-0.15, -0.1) is 0 Å². The summed E-state index contributed by atoms with van der Waals surface area (Å²) >= 11 is 0. The first kappa shape index (κ1) is 36.3. The highest BCUT2D eigenvalue weighted by atomic mass is 16.5. The second-order valence-electron chi connectivity index (χ2n) is 16.9. The van der Waals surface area contributed by atoms with E-state index >= 15 is 0 Å². The van der Waals surface area contributed by atoms with Crippen LogP contribution in [0.2, 0.25) is 0 Å². The number of pyridine rings is 2. The van der Waals surface area contributed by atoms with Gasteiger partial charge >= 0.3 is 0 Å². The number of hydrogen-bond acceptors (Lipinski definition) is 11. The molecule has 4 aliphatic rings. The van der Waals surface area contributed by atoms with E-state index in [1.54, 1.807) is 43.4 Å². The molecule has 0 saturated carbocycles. The summed E-state index contributed by atoms with van der Waals surface area (Å²) in [7, 11) is 3.80. The van der Waals surface area contributed by atoms with E-state index in [1.165, 1.54) is 0 Å². The summed E-state index contributed by atoms with van der Waals surface area (Å²) < 4.78 is 39.9. The van der Waals surface area contributed by atoms with Crippen LogP contribution in [0.4, 0.5) is 0 Å². The molecule has 0 spiro atoms. The van der Waals surface area contributed by atoms with Crippen molar-refractivity contribution in [1.82, 2.24) is 39.0 Å². The van der Waals surface area contributed by atoms with Crippen molar-refractivity contribution < 1.29 is 32.5 Å². The average Bonchev–Trinajstić information content (AvgIpc) is 4.09. The molecule has 17 heteroatoms. The van der Waals surface area contributed by atoms with Gasteiger partial charge in [-0.1, -0.05) is 42.5 Å². The zero-order valence-electron chi connectivity index (χ0n) is 35.4. The number of furan rings is 1. The second-order valence-corrected chi connectivity index (χ2v) is 16.9.